The van der Waals surface area contributed by atoms with Crippen LogP contribution in [0.3, 0.4) is 0 Å². The Morgan fingerprint density at radius 1 is 1.12 bits per heavy atom. The number of anilines is 2. The first kappa shape index (κ1) is 11.7. The molecule has 3 N–H and O–H groups in total. The van der Waals surface area contributed by atoms with Gasteiger partial charge in [0.1, 0.15) is 0 Å². The van der Waals surface area contributed by atoms with Crippen molar-refractivity contribution in [2.75, 3.05) is 38.2 Å². The maximum Gasteiger partial charge on any atom is 0.0441 e. The summed E-state index contributed by atoms with van der Waals surface area (Å²) in [5.41, 5.74) is 7.98. The predicted octanol–water partition coefficient (Wildman–Crippen LogP) is 2.40. The molecule has 0 heterocycles. The highest BCUT2D eigenvalue weighted by molar-refractivity contribution is 6.02. The van der Waals surface area contributed by atoms with Gasteiger partial charge in [-0.25, -0.2) is 0 Å². The van der Waals surface area contributed by atoms with Gasteiger partial charge in [-0.1, -0.05) is 24.3 Å². The summed E-state index contributed by atoms with van der Waals surface area (Å²) in [5.74, 6) is 0. The standard InChI is InChI=1S/C14H19N3/c1-17(2)10-9-16-13-8-4-6-11-5-3-7-12(15)14(11)13/h3-8,16H,9-10,15H2,1-2H3. The number of hydrogen-bond donors (Lipinski definition) is 2. The quantitative estimate of drug-likeness (QED) is 0.791. The minimum absolute atomic E-state index is 0.829. The second-order valence-corrected chi connectivity index (χ2v) is 4.48. The summed E-state index contributed by atoms with van der Waals surface area (Å²) in [6, 6.07) is 12.2. The number of likely N-dealkylation sites (N-methyl/N-ethyl adjacent to an activating group) is 1. The van der Waals surface area contributed by atoms with Crippen LogP contribution in [0.5, 0.6) is 0 Å². The van der Waals surface area contributed by atoms with Crippen LogP contribution in [0, 0.1) is 0 Å². The van der Waals surface area contributed by atoms with E-state index >= 15 is 0 Å². The first-order valence-corrected chi connectivity index (χ1v) is 5.84. The van der Waals surface area contributed by atoms with Crippen LogP contribution in [0.4, 0.5) is 11.4 Å². The van der Waals surface area contributed by atoms with Gasteiger partial charge in [0.2, 0.25) is 0 Å². The number of nitrogens with one attached hydrogen (secondary N) is 1. The van der Waals surface area contributed by atoms with Crippen LogP contribution in [0.25, 0.3) is 10.8 Å². The summed E-state index contributed by atoms with van der Waals surface area (Å²) in [7, 11) is 4.14. The number of nitrogens with zero attached hydrogens (tertiary/aromatic N) is 1. The zero-order valence-corrected chi connectivity index (χ0v) is 10.4. The van der Waals surface area contributed by atoms with Crippen molar-refractivity contribution in [3.05, 3.63) is 36.4 Å². The van der Waals surface area contributed by atoms with Gasteiger partial charge in [-0.3, -0.25) is 0 Å². The van der Waals surface area contributed by atoms with Crippen LogP contribution in [-0.2, 0) is 0 Å². The van der Waals surface area contributed by atoms with E-state index in [1.54, 1.807) is 0 Å². The molecule has 3 nitrogen and oxygen atoms in total. The van der Waals surface area contributed by atoms with Gasteiger partial charge >= 0.3 is 0 Å². The molecule has 0 fully saturated rings. The zero-order chi connectivity index (χ0) is 12.3. The van der Waals surface area contributed by atoms with Gasteiger partial charge in [0, 0.05) is 29.9 Å². The van der Waals surface area contributed by atoms with Crippen LogP contribution in [0.15, 0.2) is 36.4 Å². The fourth-order valence-corrected chi connectivity index (χ4v) is 1.93. The summed E-state index contributed by atoms with van der Waals surface area (Å²) in [4.78, 5) is 2.15. The lowest BCUT2D eigenvalue weighted by Gasteiger charge is -2.14. The smallest absolute Gasteiger partial charge is 0.0441 e. The van der Waals surface area contributed by atoms with E-state index in [9.17, 15) is 0 Å². The summed E-state index contributed by atoms with van der Waals surface area (Å²) >= 11 is 0. The Hall–Kier alpha value is -1.74. The Morgan fingerprint density at radius 2 is 1.82 bits per heavy atom. The summed E-state index contributed by atoms with van der Waals surface area (Å²) in [6.45, 7) is 1.92. The van der Waals surface area contributed by atoms with Crippen molar-refractivity contribution >= 4 is 22.1 Å². The molecule has 0 unspecified atom stereocenters. The molecule has 3 heteroatoms. The minimum atomic E-state index is 0.829. The number of nitrogen functional groups attached to an aromatic ring is 1. The third kappa shape index (κ3) is 2.68. The van der Waals surface area contributed by atoms with Gasteiger partial charge in [-0.15, -0.1) is 0 Å². The molecule has 90 valence electrons. The molecule has 0 aliphatic heterocycles. The molecule has 0 bridgehead atoms. The van der Waals surface area contributed by atoms with Crippen LogP contribution >= 0.6 is 0 Å². The fourth-order valence-electron chi connectivity index (χ4n) is 1.93. The van der Waals surface area contributed by atoms with Crippen LogP contribution < -0.4 is 11.1 Å². The minimum Gasteiger partial charge on any atom is -0.398 e. The Labute approximate surface area is 102 Å². The highest BCUT2D eigenvalue weighted by atomic mass is 15.1. The second-order valence-electron chi connectivity index (χ2n) is 4.48. The SMILES string of the molecule is CN(C)CCNc1cccc2cccc(N)c12. The van der Waals surface area contributed by atoms with E-state index in [0.29, 0.717) is 0 Å². The average Bonchev–Trinajstić information content (AvgIpc) is 2.29. The lowest BCUT2D eigenvalue weighted by atomic mass is 10.1. The Morgan fingerprint density at radius 3 is 2.53 bits per heavy atom. The summed E-state index contributed by atoms with van der Waals surface area (Å²) in [5, 5.41) is 5.74. The van der Waals surface area contributed by atoms with Crippen LogP contribution in [-0.4, -0.2) is 32.1 Å². The fraction of sp³-hybridized carbons (Fsp3) is 0.286. The van der Waals surface area contributed by atoms with Crippen molar-refractivity contribution in [3.63, 3.8) is 0 Å². The first-order valence-electron chi connectivity index (χ1n) is 5.84. The van der Waals surface area contributed by atoms with Gasteiger partial charge in [0.15, 0.2) is 0 Å². The Balaban J connectivity index is 2.27. The van der Waals surface area contributed by atoms with Crippen molar-refractivity contribution < 1.29 is 0 Å². The maximum atomic E-state index is 6.04. The van der Waals surface area contributed by atoms with E-state index in [1.807, 2.05) is 12.1 Å². The molecule has 0 aromatic heterocycles. The van der Waals surface area contributed by atoms with E-state index in [0.717, 1.165) is 29.9 Å². The molecule has 0 aliphatic rings. The van der Waals surface area contributed by atoms with E-state index in [-0.39, 0.29) is 0 Å². The highest BCUT2D eigenvalue weighted by Crippen LogP contribution is 2.28. The molecule has 0 atom stereocenters. The Bertz CT molecular complexity index is 501. The predicted molar refractivity (Wildman–Crippen MR) is 75.4 cm³/mol. The summed E-state index contributed by atoms with van der Waals surface area (Å²) in [6.07, 6.45) is 0. The van der Waals surface area contributed by atoms with E-state index in [2.05, 4.69) is 48.6 Å². The van der Waals surface area contributed by atoms with Crippen LogP contribution in [0.1, 0.15) is 0 Å². The van der Waals surface area contributed by atoms with Gasteiger partial charge < -0.3 is 16.0 Å². The van der Waals surface area contributed by atoms with Crippen molar-refractivity contribution in [2.45, 2.75) is 0 Å². The van der Waals surface area contributed by atoms with Crippen molar-refractivity contribution in [1.29, 1.82) is 0 Å². The molecule has 2 rings (SSSR count). The van der Waals surface area contributed by atoms with Gasteiger partial charge in [-0.2, -0.15) is 0 Å². The monoisotopic (exact) mass is 229 g/mol. The maximum absolute atomic E-state index is 6.04. The third-order valence-corrected chi connectivity index (χ3v) is 2.81. The van der Waals surface area contributed by atoms with Gasteiger partial charge in [-0.05, 0) is 31.6 Å². The van der Waals surface area contributed by atoms with E-state index in [4.69, 9.17) is 5.73 Å². The van der Waals surface area contributed by atoms with Gasteiger partial charge in [0.25, 0.3) is 0 Å². The van der Waals surface area contributed by atoms with E-state index < -0.39 is 0 Å². The molecule has 2 aromatic carbocycles. The zero-order valence-electron chi connectivity index (χ0n) is 10.4. The van der Waals surface area contributed by atoms with Crippen LogP contribution in [0.2, 0.25) is 0 Å². The number of benzene rings is 2. The number of rotatable bonds is 4. The lowest BCUT2D eigenvalue weighted by molar-refractivity contribution is 0.425. The van der Waals surface area contributed by atoms with Crippen molar-refractivity contribution in [2.24, 2.45) is 0 Å². The largest absolute Gasteiger partial charge is 0.398 e. The molecular weight excluding hydrogens is 210 g/mol. The second kappa shape index (κ2) is 5.06. The van der Waals surface area contributed by atoms with Crippen molar-refractivity contribution in [1.82, 2.24) is 4.90 Å². The summed E-state index contributed by atoms with van der Waals surface area (Å²) < 4.78 is 0. The Kier molecular flexibility index (Phi) is 3.49. The molecular formula is C14H19N3. The lowest BCUT2D eigenvalue weighted by Crippen LogP contribution is -2.20. The average molecular weight is 229 g/mol. The van der Waals surface area contributed by atoms with E-state index in [1.165, 1.54) is 5.39 Å². The molecule has 0 saturated carbocycles. The molecule has 0 aliphatic carbocycles. The molecule has 2 aromatic rings. The molecule has 17 heavy (non-hydrogen) atoms. The molecule has 0 saturated heterocycles. The normalized spacial score (nSPS) is 11.0. The number of nitrogens with two attached hydrogens (primary N) is 1. The number of fused-ring (bicyclic) bond motifs is 1. The first-order chi connectivity index (χ1) is 8.18. The number of hydrogen-bond acceptors (Lipinski definition) is 3. The highest BCUT2D eigenvalue weighted by Gasteiger charge is 2.03. The molecule has 0 spiro atoms. The topological polar surface area (TPSA) is 41.3 Å². The van der Waals surface area contributed by atoms with Crippen molar-refractivity contribution in [3.8, 4) is 0 Å². The molecule has 0 radical (unpaired) electrons. The third-order valence-electron chi connectivity index (χ3n) is 2.81. The van der Waals surface area contributed by atoms with Gasteiger partial charge in [0.05, 0.1) is 0 Å². The molecule has 0 amide bonds.